The fourth-order valence-electron chi connectivity index (χ4n) is 3.55. The van der Waals surface area contributed by atoms with Gasteiger partial charge < -0.3 is 5.11 Å². The molecule has 0 aromatic heterocycles. The van der Waals surface area contributed by atoms with E-state index in [0.717, 1.165) is 31.4 Å². The van der Waals surface area contributed by atoms with Gasteiger partial charge in [0.1, 0.15) is 17.2 Å². The van der Waals surface area contributed by atoms with Crippen LogP contribution in [0, 0.1) is 115 Å². The van der Waals surface area contributed by atoms with Crippen LogP contribution < -0.4 is 0 Å². The summed E-state index contributed by atoms with van der Waals surface area (Å²) in [5, 5.41) is 7.00. The summed E-state index contributed by atoms with van der Waals surface area (Å²) in [7, 11) is 1.00. The fraction of sp³-hybridized carbons (Fsp3) is 0.111. The van der Waals surface area contributed by atoms with Crippen LogP contribution >= 0.6 is 0 Å². The summed E-state index contributed by atoms with van der Waals surface area (Å²) in [6.07, 6.45) is 6.76. The molecular weight excluding hydrogens is 714 g/mol. The lowest BCUT2D eigenvalue weighted by molar-refractivity contribution is 0.376. The van der Waals surface area contributed by atoms with Crippen molar-refractivity contribution in [1.29, 1.82) is 0 Å². The first-order valence-electron chi connectivity index (χ1n) is 13.5. The first-order valence-corrected chi connectivity index (χ1v) is 13.5. The minimum absolute atomic E-state index is 0.105. The molecule has 1 N–H and O–H groups in total. The Bertz CT molecular complexity index is 1800. The van der Waals surface area contributed by atoms with Crippen LogP contribution in [-0.4, -0.2) is 12.2 Å². The Balaban J connectivity index is 0.000000649. The number of aliphatic hydroxyl groups is 1. The number of aryl methyl sites for hydroxylation is 1. The van der Waals surface area contributed by atoms with Crippen LogP contribution in [0.15, 0.2) is 31.4 Å². The molecular formula is C36H26F14O. The molecule has 51 heavy (non-hydrogen) atoms. The van der Waals surface area contributed by atoms with E-state index < -0.39 is 92.3 Å². The SMILES string of the molecule is C#Cc1c(F)c(F)c(F)c(F)c1F.CO.Cc1cc(F)ccc1F.[CH2]c1c(F)c(F)c(CC)c(F)c1F.[CH2]c1c(F)c(F)c(F)c(C=C)c1C=C. The minimum Gasteiger partial charge on any atom is -0.400 e. The monoisotopic (exact) mass is 740 g/mol. The van der Waals surface area contributed by atoms with Gasteiger partial charge in [-0.1, -0.05) is 38.2 Å². The van der Waals surface area contributed by atoms with Crippen LogP contribution in [0.25, 0.3) is 12.2 Å². The lowest BCUT2D eigenvalue weighted by Gasteiger charge is -2.09. The molecule has 274 valence electrons. The molecule has 0 heterocycles. The number of hydrogen-bond donors (Lipinski definition) is 1. The maximum absolute atomic E-state index is 13.1. The van der Waals surface area contributed by atoms with E-state index in [9.17, 15) is 61.5 Å². The predicted octanol–water partition coefficient (Wildman–Crippen LogP) is 10.8. The third-order valence-corrected chi connectivity index (χ3v) is 6.18. The molecule has 0 spiro atoms. The molecule has 2 radical (unpaired) electrons. The predicted molar refractivity (Wildman–Crippen MR) is 164 cm³/mol. The highest BCUT2D eigenvalue weighted by Crippen LogP contribution is 2.27. The van der Waals surface area contributed by atoms with Gasteiger partial charge in [-0.05, 0) is 62.1 Å². The van der Waals surface area contributed by atoms with Crippen molar-refractivity contribution in [1.82, 2.24) is 0 Å². The number of aliphatic hydroxyl groups excluding tert-OH is 1. The Morgan fingerprint density at radius 1 is 0.588 bits per heavy atom. The maximum atomic E-state index is 13.1. The van der Waals surface area contributed by atoms with E-state index in [1.54, 1.807) is 0 Å². The summed E-state index contributed by atoms with van der Waals surface area (Å²) in [4.78, 5) is 0. The van der Waals surface area contributed by atoms with Crippen molar-refractivity contribution in [2.45, 2.75) is 20.3 Å². The van der Waals surface area contributed by atoms with Crippen LogP contribution in [0.2, 0.25) is 0 Å². The Morgan fingerprint density at radius 3 is 1.33 bits per heavy atom. The van der Waals surface area contributed by atoms with Gasteiger partial charge in [0.05, 0.1) is 0 Å². The second kappa shape index (κ2) is 20.5. The van der Waals surface area contributed by atoms with Gasteiger partial charge in [0.15, 0.2) is 64.0 Å². The highest BCUT2D eigenvalue weighted by molar-refractivity contribution is 5.68. The first-order chi connectivity index (χ1) is 23.7. The van der Waals surface area contributed by atoms with Crippen molar-refractivity contribution in [3.63, 3.8) is 0 Å². The lowest BCUT2D eigenvalue weighted by Crippen LogP contribution is -2.05. The average molecular weight is 741 g/mol. The van der Waals surface area contributed by atoms with Crippen molar-refractivity contribution >= 4 is 12.2 Å². The average Bonchev–Trinajstić information content (AvgIpc) is 3.12. The Labute approximate surface area is 284 Å². The summed E-state index contributed by atoms with van der Waals surface area (Å²) in [6.45, 7) is 15.8. The number of rotatable bonds is 3. The van der Waals surface area contributed by atoms with Crippen molar-refractivity contribution in [3.8, 4) is 12.3 Å². The molecule has 0 aliphatic heterocycles. The summed E-state index contributed by atoms with van der Waals surface area (Å²) >= 11 is 0. The van der Waals surface area contributed by atoms with Gasteiger partial charge in [0.2, 0.25) is 5.82 Å². The van der Waals surface area contributed by atoms with E-state index in [4.69, 9.17) is 5.11 Å². The van der Waals surface area contributed by atoms with Crippen LogP contribution in [0.3, 0.4) is 0 Å². The number of terminal acetylenes is 1. The van der Waals surface area contributed by atoms with Gasteiger partial charge in [-0.25, -0.2) is 61.5 Å². The van der Waals surface area contributed by atoms with E-state index in [1.807, 2.05) is 0 Å². The fourth-order valence-corrected chi connectivity index (χ4v) is 3.55. The third-order valence-electron chi connectivity index (χ3n) is 6.18. The van der Waals surface area contributed by atoms with Crippen LogP contribution in [-0.2, 0) is 6.42 Å². The van der Waals surface area contributed by atoms with Crippen LogP contribution in [0.5, 0.6) is 0 Å². The molecule has 0 atom stereocenters. The zero-order valence-corrected chi connectivity index (χ0v) is 26.7. The van der Waals surface area contributed by atoms with Gasteiger partial charge in [0, 0.05) is 23.8 Å². The van der Waals surface area contributed by atoms with E-state index in [2.05, 4.69) is 33.4 Å². The number of benzene rings is 4. The molecule has 15 heteroatoms. The van der Waals surface area contributed by atoms with Crippen molar-refractivity contribution in [3.05, 3.63) is 166 Å². The second-order valence-electron chi connectivity index (χ2n) is 9.21. The van der Waals surface area contributed by atoms with Crippen molar-refractivity contribution in [2.24, 2.45) is 0 Å². The zero-order valence-electron chi connectivity index (χ0n) is 26.7. The second-order valence-corrected chi connectivity index (χ2v) is 9.21. The Kier molecular flexibility index (Phi) is 18.5. The molecule has 4 aromatic rings. The highest BCUT2D eigenvalue weighted by Gasteiger charge is 2.24. The number of halogens is 14. The van der Waals surface area contributed by atoms with Crippen LogP contribution in [0.4, 0.5) is 61.5 Å². The largest absolute Gasteiger partial charge is 0.400 e. The quantitative estimate of drug-likeness (QED) is 0.0960. The molecule has 0 saturated heterocycles. The Morgan fingerprint density at radius 2 is 0.980 bits per heavy atom. The molecule has 4 rings (SSSR count). The van der Waals surface area contributed by atoms with E-state index >= 15 is 0 Å². The molecule has 0 saturated carbocycles. The standard InChI is InChI=1S/C11H8F3.C9H7F4.C8HF5.C7H6F2.CH4O/c1-4-7-6(3)9(12)11(14)10(13)8(7)5-2;1-3-5-8(12)6(10)4(2)7(11)9(5)13;1-2-3-4(9)6(11)8(13)7(12)5(3)10;1-5-4-6(8)2-3-7(5)9;1-2/h4-5H,1-3H2;2-3H2,1H3;1H;2-4H,1H3;2H,1H3. The molecule has 0 aliphatic carbocycles. The summed E-state index contributed by atoms with van der Waals surface area (Å²) in [5.41, 5.74) is -2.57. The summed E-state index contributed by atoms with van der Waals surface area (Å²) < 4.78 is 177. The summed E-state index contributed by atoms with van der Waals surface area (Å²) in [5.74, 6) is -19.3. The van der Waals surface area contributed by atoms with Crippen LogP contribution in [0.1, 0.15) is 45.9 Å². The zero-order chi connectivity index (χ0) is 40.1. The smallest absolute Gasteiger partial charge is 0.200 e. The van der Waals surface area contributed by atoms with Gasteiger partial charge in [0.25, 0.3) is 0 Å². The maximum Gasteiger partial charge on any atom is 0.200 e. The van der Waals surface area contributed by atoms with Crippen molar-refractivity contribution < 1.29 is 66.6 Å². The number of hydrogen-bond acceptors (Lipinski definition) is 1. The van der Waals surface area contributed by atoms with E-state index in [1.165, 1.54) is 25.8 Å². The first kappa shape index (κ1) is 45.9. The van der Waals surface area contributed by atoms with E-state index in [0.29, 0.717) is 5.56 Å². The van der Waals surface area contributed by atoms with Crippen molar-refractivity contribution in [2.75, 3.05) is 7.11 Å². The van der Waals surface area contributed by atoms with Gasteiger partial charge >= 0.3 is 0 Å². The van der Waals surface area contributed by atoms with Gasteiger partial charge in [-0.3, -0.25) is 0 Å². The molecule has 4 aromatic carbocycles. The molecule has 0 amide bonds. The highest BCUT2D eigenvalue weighted by atomic mass is 19.2. The molecule has 0 unspecified atom stereocenters. The summed E-state index contributed by atoms with van der Waals surface area (Å²) in [6, 6.07) is 3.38. The molecule has 0 aliphatic rings. The normalized spacial score (nSPS) is 9.78. The molecule has 0 fully saturated rings. The third kappa shape index (κ3) is 10.7. The van der Waals surface area contributed by atoms with Gasteiger partial charge in [-0.15, -0.1) is 6.42 Å². The molecule has 0 bridgehead atoms. The topological polar surface area (TPSA) is 20.2 Å². The molecule has 1 nitrogen and oxygen atoms in total. The Hall–Kier alpha value is -5.10. The van der Waals surface area contributed by atoms with E-state index in [-0.39, 0.29) is 28.9 Å². The lowest BCUT2D eigenvalue weighted by atomic mass is 10.0. The minimum atomic E-state index is -2.21. The van der Waals surface area contributed by atoms with Gasteiger partial charge in [-0.2, -0.15) is 0 Å².